The van der Waals surface area contributed by atoms with E-state index >= 15 is 0 Å². The third-order valence-corrected chi connectivity index (χ3v) is 8.01. The SMILES string of the molecule is Cc1ccnc(C2CN(C3CCCCC3Oc3ccc4c(c3)CN(C3CCC(=O)NC3=O)C4=O)C2)n1. The second-order valence-electron chi connectivity index (χ2n) is 10.4. The van der Waals surface area contributed by atoms with Crippen molar-refractivity contribution in [3.8, 4) is 5.75 Å². The van der Waals surface area contributed by atoms with E-state index in [1.54, 1.807) is 4.90 Å². The number of rotatable bonds is 5. The number of likely N-dealkylation sites (tertiary alicyclic amines) is 1. The number of ether oxygens (including phenoxy) is 1. The van der Waals surface area contributed by atoms with Crippen LogP contribution in [0.5, 0.6) is 5.75 Å². The molecule has 4 heterocycles. The van der Waals surface area contributed by atoms with Crippen LogP contribution in [0.2, 0.25) is 0 Å². The Morgan fingerprint density at radius 1 is 1.06 bits per heavy atom. The first-order valence-electron chi connectivity index (χ1n) is 12.9. The fourth-order valence-corrected chi connectivity index (χ4v) is 6.04. The molecule has 1 aromatic carbocycles. The van der Waals surface area contributed by atoms with E-state index in [0.29, 0.717) is 30.5 Å². The number of carbonyl (C=O) groups excluding carboxylic acids is 3. The summed E-state index contributed by atoms with van der Waals surface area (Å²) >= 11 is 0. The minimum Gasteiger partial charge on any atom is -0.489 e. The molecule has 1 aromatic heterocycles. The second kappa shape index (κ2) is 9.28. The van der Waals surface area contributed by atoms with Crippen LogP contribution in [-0.2, 0) is 16.1 Å². The maximum absolute atomic E-state index is 13.0. The van der Waals surface area contributed by atoms with Crippen LogP contribution in [-0.4, -0.2) is 68.8 Å². The highest BCUT2D eigenvalue weighted by atomic mass is 16.5. The molecule has 9 nitrogen and oxygen atoms in total. The Hall–Kier alpha value is -3.33. The summed E-state index contributed by atoms with van der Waals surface area (Å²) in [5.41, 5.74) is 2.48. The lowest BCUT2D eigenvalue weighted by molar-refractivity contribution is -0.136. The average Bonchev–Trinajstić information content (AvgIpc) is 3.15. The van der Waals surface area contributed by atoms with Gasteiger partial charge in [0.05, 0.1) is 0 Å². The quantitative estimate of drug-likeness (QED) is 0.643. The smallest absolute Gasteiger partial charge is 0.255 e. The average molecular weight is 490 g/mol. The van der Waals surface area contributed by atoms with Crippen LogP contribution in [0.1, 0.15) is 71.9 Å². The number of nitrogens with one attached hydrogen (secondary N) is 1. The minimum absolute atomic E-state index is 0.0968. The van der Waals surface area contributed by atoms with Gasteiger partial charge in [-0.1, -0.05) is 6.42 Å². The van der Waals surface area contributed by atoms with Gasteiger partial charge in [-0.25, -0.2) is 9.97 Å². The van der Waals surface area contributed by atoms with Gasteiger partial charge in [0.1, 0.15) is 23.7 Å². The van der Waals surface area contributed by atoms with Crippen LogP contribution in [0.4, 0.5) is 0 Å². The number of amides is 3. The molecule has 3 atom stereocenters. The summed E-state index contributed by atoms with van der Waals surface area (Å²) in [4.78, 5) is 50.0. The lowest BCUT2D eigenvalue weighted by atomic mass is 9.86. The Morgan fingerprint density at radius 3 is 2.69 bits per heavy atom. The summed E-state index contributed by atoms with van der Waals surface area (Å²) in [5.74, 6) is 1.24. The van der Waals surface area contributed by atoms with Gasteiger partial charge in [-0.05, 0) is 62.4 Å². The number of aryl methyl sites for hydroxylation is 1. The Bertz CT molecular complexity index is 1210. The van der Waals surface area contributed by atoms with E-state index in [1.807, 2.05) is 37.4 Å². The molecule has 0 radical (unpaired) electrons. The van der Waals surface area contributed by atoms with E-state index in [0.717, 1.165) is 55.2 Å². The molecule has 0 spiro atoms. The van der Waals surface area contributed by atoms with Crippen molar-refractivity contribution in [2.75, 3.05) is 13.1 Å². The van der Waals surface area contributed by atoms with E-state index in [-0.39, 0.29) is 24.3 Å². The number of imide groups is 1. The molecule has 4 aliphatic rings. The van der Waals surface area contributed by atoms with Crippen molar-refractivity contribution in [3.63, 3.8) is 0 Å². The molecule has 36 heavy (non-hydrogen) atoms. The highest BCUT2D eigenvalue weighted by Crippen LogP contribution is 2.36. The zero-order valence-electron chi connectivity index (χ0n) is 20.5. The molecule has 2 saturated heterocycles. The van der Waals surface area contributed by atoms with Crippen LogP contribution in [0, 0.1) is 6.92 Å². The summed E-state index contributed by atoms with van der Waals surface area (Å²) in [6, 6.07) is 7.31. The van der Waals surface area contributed by atoms with Crippen molar-refractivity contribution < 1.29 is 19.1 Å². The van der Waals surface area contributed by atoms with Crippen molar-refractivity contribution >= 4 is 17.7 Å². The van der Waals surface area contributed by atoms with Gasteiger partial charge in [-0.3, -0.25) is 24.6 Å². The molecule has 1 aliphatic carbocycles. The number of benzene rings is 1. The van der Waals surface area contributed by atoms with Crippen LogP contribution < -0.4 is 10.1 Å². The molecular formula is C27H31N5O4. The van der Waals surface area contributed by atoms with Gasteiger partial charge in [-0.15, -0.1) is 0 Å². The second-order valence-corrected chi connectivity index (χ2v) is 10.4. The maximum Gasteiger partial charge on any atom is 0.255 e. The van der Waals surface area contributed by atoms with E-state index < -0.39 is 11.9 Å². The first kappa shape index (κ1) is 23.1. The van der Waals surface area contributed by atoms with Gasteiger partial charge in [0.25, 0.3) is 5.91 Å². The molecule has 3 unspecified atom stereocenters. The number of hydrogen-bond donors (Lipinski definition) is 1. The Balaban J connectivity index is 1.12. The predicted molar refractivity (Wildman–Crippen MR) is 130 cm³/mol. The molecule has 3 fully saturated rings. The number of aromatic nitrogens is 2. The molecule has 3 amide bonds. The molecule has 0 bridgehead atoms. The molecule has 188 valence electrons. The Kier molecular flexibility index (Phi) is 5.95. The zero-order valence-corrected chi connectivity index (χ0v) is 20.5. The number of hydrogen-bond acceptors (Lipinski definition) is 7. The molecule has 3 aliphatic heterocycles. The highest BCUT2D eigenvalue weighted by molar-refractivity contribution is 6.05. The number of nitrogens with zero attached hydrogens (tertiary/aromatic N) is 4. The van der Waals surface area contributed by atoms with Crippen LogP contribution in [0.3, 0.4) is 0 Å². The largest absolute Gasteiger partial charge is 0.489 e. The van der Waals surface area contributed by atoms with Gasteiger partial charge in [0.15, 0.2) is 0 Å². The third-order valence-electron chi connectivity index (χ3n) is 8.01. The standard InChI is InChI=1S/C27H31N5O4/c1-16-10-11-28-25(29-16)18-13-31(14-18)21-4-2-3-5-23(21)36-19-6-7-20-17(12-19)15-32(27(20)35)22-8-9-24(33)30-26(22)34/h6-7,10-12,18,21-23H,2-5,8-9,13-15H2,1H3,(H,30,33,34). The lowest BCUT2D eigenvalue weighted by Crippen LogP contribution is -2.57. The minimum atomic E-state index is -0.605. The number of fused-ring (bicyclic) bond motifs is 1. The summed E-state index contributed by atoms with van der Waals surface area (Å²) < 4.78 is 6.53. The van der Waals surface area contributed by atoms with E-state index in [2.05, 4.69) is 20.2 Å². The van der Waals surface area contributed by atoms with Crippen molar-refractivity contribution in [1.82, 2.24) is 25.1 Å². The normalized spacial score (nSPS) is 27.0. The Morgan fingerprint density at radius 2 is 1.89 bits per heavy atom. The third kappa shape index (κ3) is 4.25. The molecule has 9 heteroatoms. The van der Waals surface area contributed by atoms with Gasteiger partial charge in [0.2, 0.25) is 11.8 Å². The molecule has 6 rings (SSSR count). The van der Waals surface area contributed by atoms with Gasteiger partial charge < -0.3 is 9.64 Å². The van der Waals surface area contributed by atoms with Crippen molar-refractivity contribution in [2.24, 2.45) is 0 Å². The monoisotopic (exact) mass is 489 g/mol. The first-order valence-corrected chi connectivity index (χ1v) is 12.9. The predicted octanol–water partition coefficient (Wildman–Crippen LogP) is 2.34. The topological polar surface area (TPSA) is 105 Å². The summed E-state index contributed by atoms with van der Waals surface area (Å²) in [6.45, 7) is 4.26. The van der Waals surface area contributed by atoms with Gasteiger partial charge >= 0.3 is 0 Å². The molecular weight excluding hydrogens is 458 g/mol. The maximum atomic E-state index is 13.0. The zero-order chi connectivity index (χ0) is 24.8. The van der Waals surface area contributed by atoms with E-state index in [4.69, 9.17) is 4.74 Å². The van der Waals surface area contributed by atoms with Crippen LogP contribution in [0.25, 0.3) is 0 Å². The number of piperidine rings is 1. The fraction of sp³-hybridized carbons (Fsp3) is 0.519. The molecule has 1 N–H and O–H groups in total. The highest BCUT2D eigenvalue weighted by Gasteiger charge is 2.41. The van der Waals surface area contributed by atoms with Crippen molar-refractivity contribution in [3.05, 3.63) is 53.1 Å². The lowest BCUT2D eigenvalue weighted by Gasteiger charge is -2.47. The summed E-state index contributed by atoms with van der Waals surface area (Å²) in [5, 5.41) is 2.35. The first-order chi connectivity index (χ1) is 17.5. The Labute approximate surface area is 210 Å². The number of carbonyl (C=O) groups is 3. The molecule has 1 saturated carbocycles. The van der Waals surface area contributed by atoms with Gasteiger partial charge in [-0.2, -0.15) is 0 Å². The fourth-order valence-electron chi connectivity index (χ4n) is 6.04. The van der Waals surface area contributed by atoms with Gasteiger partial charge in [0, 0.05) is 55.5 Å². The summed E-state index contributed by atoms with van der Waals surface area (Å²) in [7, 11) is 0. The van der Waals surface area contributed by atoms with Crippen molar-refractivity contribution in [1.29, 1.82) is 0 Å². The van der Waals surface area contributed by atoms with Crippen LogP contribution >= 0.6 is 0 Å². The van der Waals surface area contributed by atoms with Crippen molar-refractivity contribution in [2.45, 2.75) is 76.1 Å². The van der Waals surface area contributed by atoms with Crippen LogP contribution in [0.15, 0.2) is 30.5 Å². The summed E-state index contributed by atoms with van der Waals surface area (Å²) in [6.07, 6.45) is 7.01. The van der Waals surface area contributed by atoms with E-state index in [1.165, 1.54) is 6.42 Å². The van der Waals surface area contributed by atoms with E-state index in [9.17, 15) is 14.4 Å². The molecule has 2 aromatic rings.